The Balaban J connectivity index is 2.04. The summed E-state index contributed by atoms with van der Waals surface area (Å²) >= 11 is 5.07. The standard InChI is InChI=1S/C13H18N2S/c1-2-3-4-5-6-10-7-8-11-12(9-10)15-13(16)14-11/h7-9H,2-6H2,1H3,(H2,14,15,16). The van der Waals surface area contributed by atoms with Crippen molar-refractivity contribution in [1.82, 2.24) is 9.97 Å². The summed E-state index contributed by atoms with van der Waals surface area (Å²) in [4.78, 5) is 6.28. The number of rotatable bonds is 5. The van der Waals surface area contributed by atoms with Crippen LogP contribution in [0.2, 0.25) is 0 Å². The molecule has 0 radical (unpaired) electrons. The zero-order valence-electron chi connectivity index (χ0n) is 9.68. The van der Waals surface area contributed by atoms with Crippen LogP contribution in [0.4, 0.5) is 0 Å². The fraction of sp³-hybridized carbons (Fsp3) is 0.462. The topological polar surface area (TPSA) is 31.6 Å². The average Bonchev–Trinajstić information content (AvgIpc) is 2.64. The predicted molar refractivity (Wildman–Crippen MR) is 71.3 cm³/mol. The number of benzene rings is 1. The van der Waals surface area contributed by atoms with E-state index in [1.165, 1.54) is 37.7 Å². The second kappa shape index (κ2) is 5.30. The monoisotopic (exact) mass is 234 g/mol. The van der Waals surface area contributed by atoms with Gasteiger partial charge in [0, 0.05) is 0 Å². The van der Waals surface area contributed by atoms with Crippen molar-refractivity contribution >= 4 is 23.3 Å². The lowest BCUT2D eigenvalue weighted by Gasteiger charge is -2.01. The van der Waals surface area contributed by atoms with Crippen LogP contribution in [0.5, 0.6) is 0 Å². The van der Waals surface area contributed by atoms with Gasteiger partial charge in [0.05, 0.1) is 11.0 Å². The summed E-state index contributed by atoms with van der Waals surface area (Å²) in [6.45, 7) is 2.24. The van der Waals surface area contributed by atoms with Crippen molar-refractivity contribution in [3.8, 4) is 0 Å². The van der Waals surface area contributed by atoms with Crippen molar-refractivity contribution in [2.75, 3.05) is 0 Å². The lowest BCUT2D eigenvalue weighted by molar-refractivity contribution is 0.667. The highest BCUT2D eigenvalue weighted by molar-refractivity contribution is 7.71. The summed E-state index contributed by atoms with van der Waals surface area (Å²) in [6.07, 6.45) is 6.42. The highest BCUT2D eigenvalue weighted by atomic mass is 32.1. The molecule has 0 aliphatic rings. The Morgan fingerprint density at radius 1 is 1.06 bits per heavy atom. The maximum absolute atomic E-state index is 5.07. The summed E-state index contributed by atoms with van der Waals surface area (Å²) in [5.41, 5.74) is 3.62. The normalized spacial score (nSPS) is 11.1. The summed E-state index contributed by atoms with van der Waals surface area (Å²) in [5.74, 6) is 0. The maximum atomic E-state index is 5.07. The smallest absolute Gasteiger partial charge is 0.175 e. The molecule has 0 saturated carbocycles. The average molecular weight is 234 g/mol. The molecule has 0 saturated heterocycles. The molecule has 3 heteroatoms. The number of aryl methyl sites for hydroxylation is 1. The Bertz CT molecular complexity index is 510. The first-order valence-corrected chi connectivity index (χ1v) is 6.41. The molecule has 2 aromatic rings. The number of nitrogens with one attached hydrogen (secondary N) is 2. The van der Waals surface area contributed by atoms with Crippen LogP contribution in [-0.2, 0) is 6.42 Å². The van der Waals surface area contributed by atoms with Crippen LogP contribution in [0.25, 0.3) is 11.0 Å². The van der Waals surface area contributed by atoms with E-state index >= 15 is 0 Å². The Kier molecular flexibility index (Phi) is 3.78. The van der Waals surface area contributed by atoms with E-state index in [0.29, 0.717) is 4.77 Å². The van der Waals surface area contributed by atoms with E-state index in [1.807, 2.05) is 0 Å². The van der Waals surface area contributed by atoms with Gasteiger partial charge in [-0.3, -0.25) is 0 Å². The van der Waals surface area contributed by atoms with E-state index in [0.717, 1.165) is 11.0 Å². The molecule has 2 nitrogen and oxygen atoms in total. The van der Waals surface area contributed by atoms with Crippen LogP contribution >= 0.6 is 12.2 Å². The number of hydrogen-bond acceptors (Lipinski definition) is 1. The third kappa shape index (κ3) is 2.73. The van der Waals surface area contributed by atoms with Crippen LogP contribution in [0.1, 0.15) is 38.2 Å². The number of hydrogen-bond donors (Lipinski definition) is 2. The van der Waals surface area contributed by atoms with E-state index in [1.54, 1.807) is 0 Å². The van der Waals surface area contributed by atoms with Gasteiger partial charge in [0.15, 0.2) is 4.77 Å². The van der Waals surface area contributed by atoms with Crippen LogP contribution in [0.3, 0.4) is 0 Å². The third-order valence-corrected chi connectivity index (χ3v) is 3.10. The second-order valence-corrected chi connectivity index (χ2v) is 4.68. The molecule has 2 rings (SSSR count). The van der Waals surface area contributed by atoms with Gasteiger partial charge in [-0.15, -0.1) is 0 Å². The van der Waals surface area contributed by atoms with Crippen molar-refractivity contribution in [3.63, 3.8) is 0 Å². The van der Waals surface area contributed by atoms with Crippen molar-refractivity contribution in [2.24, 2.45) is 0 Å². The fourth-order valence-electron chi connectivity index (χ4n) is 1.99. The molecule has 0 unspecified atom stereocenters. The maximum Gasteiger partial charge on any atom is 0.175 e. The van der Waals surface area contributed by atoms with Crippen LogP contribution in [0.15, 0.2) is 18.2 Å². The van der Waals surface area contributed by atoms with Gasteiger partial charge in [-0.05, 0) is 42.8 Å². The predicted octanol–water partition coefficient (Wildman–Crippen LogP) is 4.35. The highest BCUT2D eigenvalue weighted by Crippen LogP contribution is 2.14. The quantitative estimate of drug-likeness (QED) is 0.585. The first-order valence-electron chi connectivity index (χ1n) is 6.00. The largest absolute Gasteiger partial charge is 0.331 e. The van der Waals surface area contributed by atoms with Gasteiger partial charge in [-0.2, -0.15) is 0 Å². The van der Waals surface area contributed by atoms with Gasteiger partial charge in [-0.25, -0.2) is 0 Å². The van der Waals surface area contributed by atoms with Gasteiger partial charge in [0.1, 0.15) is 0 Å². The summed E-state index contributed by atoms with van der Waals surface area (Å²) in [6, 6.07) is 6.50. The van der Waals surface area contributed by atoms with Crippen molar-refractivity contribution in [3.05, 3.63) is 28.5 Å². The molecule has 0 aliphatic heterocycles. The first-order chi connectivity index (χ1) is 7.79. The number of H-pyrrole nitrogens is 2. The Morgan fingerprint density at radius 3 is 2.69 bits per heavy atom. The molecule has 0 amide bonds. The molecule has 0 spiro atoms. The zero-order valence-corrected chi connectivity index (χ0v) is 10.5. The molecular formula is C13H18N2S. The van der Waals surface area contributed by atoms with Crippen LogP contribution in [0, 0.1) is 4.77 Å². The number of aromatic amines is 2. The van der Waals surface area contributed by atoms with Gasteiger partial charge >= 0.3 is 0 Å². The third-order valence-electron chi connectivity index (χ3n) is 2.90. The molecule has 16 heavy (non-hydrogen) atoms. The summed E-state index contributed by atoms with van der Waals surface area (Å²) in [7, 11) is 0. The Hall–Kier alpha value is -1.09. The van der Waals surface area contributed by atoms with Gasteiger partial charge in [-0.1, -0.05) is 32.3 Å². The van der Waals surface area contributed by atoms with Crippen molar-refractivity contribution in [2.45, 2.75) is 39.0 Å². The summed E-state index contributed by atoms with van der Waals surface area (Å²) < 4.78 is 0.707. The number of aromatic nitrogens is 2. The molecule has 1 heterocycles. The minimum absolute atomic E-state index is 0.707. The second-order valence-electron chi connectivity index (χ2n) is 4.27. The molecule has 2 N–H and O–H groups in total. The minimum Gasteiger partial charge on any atom is -0.331 e. The Morgan fingerprint density at radius 2 is 1.88 bits per heavy atom. The zero-order chi connectivity index (χ0) is 11.4. The molecule has 86 valence electrons. The molecule has 1 aromatic carbocycles. The Labute approximate surface area is 101 Å². The van der Waals surface area contributed by atoms with E-state index in [4.69, 9.17) is 12.2 Å². The molecular weight excluding hydrogens is 216 g/mol. The number of unbranched alkanes of at least 4 members (excludes halogenated alkanes) is 3. The van der Waals surface area contributed by atoms with Gasteiger partial charge < -0.3 is 9.97 Å². The molecule has 0 aliphatic carbocycles. The van der Waals surface area contributed by atoms with Crippen molar-refractivity contribution < 1.29 is 0 Å². The molecule has 0 bridgehead atoms. The number of fused-ring (bicyclic) bond motifs is 1. The van der Waals surface area contributed by atoms with Gasteiger partial charge in [0.25, 0.3) is 0 Å². The molecule has 1 aromatic heterocycles. The van der Waals surface area contributed by atoms with Crippen LogP contribution < -0.4 is 0 Å². The first kappa shape index (κ1) is 11.4. The minimum atomic E-state index is 0.707. The van der Waals surface area contributed by atoms with E-state index < -0.39 is 0 Å². The lowest BCUT2D eigenvalue weighted by Crippen LogP contribution is -1.85. The summed E-state index contributed by atoms with van der Waals surface area (Å²) in [5, 5.41) is 0. The number of imidazole rings is 1. The van der Waals surface area contributed by atoms with E-state index in [-0.39, 0.29) is 0 Å². The van der Waals surface area contributed by atoms with Crippen molar-refractivity contribution in [1.29, 1.82) is 0 Å². The lowest BCUT2D eigenvalue weighted by atomic mass is 10.1. The fourth-order valence-corrected chi connectivity index (χ4v) is 2.21. The van der Waals surface area contributed by atoms with Gasteiger partial charge in [0.2, 0.25) is 0 Å². The highest BCUT2D eigenvalue weighted by Gasteiger charge is 1.98. The molecule has 0 fully saturated rings. The SMILES string of the molecule is CCCCCCc1ccc2[nH]c(=S)[nH]c2c1. The van der Waals surface area contributed by atoms with E-state index in [2.05, 4.69) is 35.1 Å². The van der Waals surface area contributed by atoms with E-state index in [9.17, 15) is 0 Å². The van der Waals surface area contributed by atoms with Crippen LogP contribution in [-0.4, -0.2) is 9.97 Å². The molecule has 0 atom stereocenters.